The summed E-state index contributed by atoms with van der Waals surface area (Å²) in [5.41, 5.74) is -1.63. The summed E-state index contributed by atoms with van der Waals surface area (Å²) in [6.45, 7) is 0. The van der Waals surface area contributed by atoms with E-state index in [4.69, 9.17) is 16.7 Å². The SMILES string of the molecule is O=C(O)c1cc(Cl)ccc1-c1cnccc1C(F)(F)F. The van der Waals surface area contributed by atoms with Crippen molar-refractivity contribution in [3.8, 4) is 11.1 Å². The van der Waals surface area contributed by atoms with E-state index in [0.29, 0.717) is 0 Å². The first-order valence-corrected chi connectivity index (χ1v) is 5.73. The van der Waals surface area contributed by atoms with Gasteiger partial charge in [0.25, 0.3) is 0 Å². The Kier molecular flexibility index (Phi) is 3.67. The number of hydrogen-bond acceptors (Lipinski definition) is 2. The summed E-state index contributed by atoms with van der Waals surface area (Å²) in [7, 11) is 0. The Balaban J connectivity index is 2.73. The Morgan fingerprint density at radius 3 is 2.50 bits per heavy atom. The molecule has 3 nitrogen and oxygen atoms in total. The molecule has 0 aliphatic carbocycles. The molecule has 7 heteroatoms. The molecule has 0 aliphatic rings. The van der Waals surface area contributed by atoms with E-state index in [0.717, 1.165) is 24.5 Å². The number of aromatic carboxylic acids is 1. The Morgan fingerprint density at radius 2 is 1.90 bits per heavy atom. The molecule has 0 spiro atoms. The molecular weight excluding hydrogens is 295 g/mol. The second kappa shape index (κ2) is 5.13. The summed E-state index contributed by atoms with van der Waals surface area (Å²) >= 11 is 5.68. The fraction of sp³-hybridized carbons (Fsp3) is 0.0769. The number of carboxylic acid groups (broad SMARTS) is 1. The molecule has 0 radical (unpaired) electrons. The number of halogens is 4. The Bertz CT molecular complexity index is 671. The molecule has 0 saturated carbocycles. The highest BCUT2D eigenvalue weighted by molar-refractivity contribution is 6.31. The van der Waals surface area contributed by atoms with Gasteiger partial charge >= 0.3 is 12.1 Å². The molecule has 2 rings (SSSR count). The quantitative estimate of drug-likeness (QED) is 0.907. The van der Waals surface area contributed by atoms with Crippen molar-refractivity contribution in [2.45, 2.75) is 6.18 Å². The fourth-order valence-corrected chi connectivity index (χ4v) is 1.96. The zero-order valence-electron chi connectivity index (χ0n) is 9.78. The largest absolute Gasteiger partial charge is 0.478 e. The standard InChI is InChI=1S/C13H7ClF3NO2/c14-7-1-2-8(9(5-7)12(19)20)10-6-18-4-3-11(10)13(15,16)17/h1-6H,(H,19,20). The number of carbonyl (C=O) groups is 1. The number of pyridine rings is 1. The van der Waals surface area contributed by atoms with Gasteiger partial charge < -0.3 is 5.11 Å². The van der Waals surface area contributed by atoms with Crippen LogP contribution in [0.25, 0.3) is 11.1 Å². The van der Waals surface area contributed by atoms with Crippen molar-refractivity contribution in [2.24, 2.45) is 0 Å². The molecule has 0 amide bonds. The molecule has 0 fully saturated rings. The summed E-state index contributed by atoms with van der Waals surface area (Å²) in [6, 6.07) is 4.47. The zero-order valence-corrected chi connectivity index (χ0v) is 10.5. The predicted molar refractivity (Wildman–Crippen MR) is 66.6 cm³/mol. The van der Waals surface area contributed by atoms with Crippen LogP contribution in [0, 0.1) is 0 Å². The van der Waals surface area contributed by atoms with Crippen molar-refractivity contribution < 1.29 is 23.1 Å². The summed E-state index contributed by atoms with van der Waals surface area (Å²) in [5, 5.41) is 9.21. The van der Waals surface area contributed by atoms with Gasteiger partial charge in [-0.25, -0.2) is 4.79 Å². The minimum atomic E-state index is -4.60. The lowest BCUT2D eigenvalue weighted by molar-refractivity contribution is -0.137. The van der Waals surface area contributed by atoms with Gasteiger partial charge in [0.15, 0.2) is 0 Å². The van der Waals surface area contributed by atoms with Crippen molar-refractivity contribution in [1.29, 1.82) is 0 Å². The molecule has 2 aromatic rings. The number of rotatable bonds is 2. The van der Waals surface area contributed by atoms with Gasteiger partial charge in [0.1, 0.15) is 0 Å². The van der Waals surface area contributed by atoms with Crippen molar-refractivity contribution >= 4 is 17.6 Å². The molecule has 20 heavy (non-hydrogen) atoms. The third-order valence-electron chi connectivity index (χ3n) is 2.63. The van der Waals surface area contributed by atoms with Gasteiger partial charge in [-0.05, 0) is 23.8 Å². The van der Waals surface area contributed by atoms with E-state index >= 15 is 0 Å². The number of carboxylic acids is 1. The van der Waals surface area contributed by atoms with Crippen LogP contribution in [0.15, 0.2) is 36.7 Å². The highest BCUT2D eigenvalue weighted by atomic mass is 35.5. The highest BCUT2D eigenvalue weighted by Crippen LogP contribution is 2.38. The first-order valence-electron chi connectivity index (χ1n) is 5.35. The third-order valence-corrected chi connectivity index (χ3v) is 2.86. The van der Waals surface area contributed by atoms with Gasteiger partial charge in [0, 0.05) is 23.0 Å². The first kappa shape index (κ1) is 14.3. The maximum atomic E-state index is 12.9. The smallest absolute Gasteiger partial charge is 0.417 e. The van der Waals surface area contributed by atoms with Gasteiger partial charge in [-0.15, -0.1) is 0 Å². The monoisotopic (exact) mass is 301 g/mol. The van der Waals surface area contributed by atoms with Crippen LogP contribution in [0.3, 0.4) is 0 Å². The molecular formula is C13H7ClF3NO2. The van der Waals surface area contributed by atoms with E-state index in [1.165, 1.54) is 12.1 Å². The molecule has 0 saturated heterocycles. The van der Waals surface area contributed by atoms with Crippen molar-refractivity contribution in [1.82, 2.24) is 4.98 Å². The van der Waals surface area contributed by atoms with Crippen molar-refractivity contribution in [3.63, 3.8) is 0 Å². The summed E-state index contributed by atoms with van der Waals surface area (Å²) in [4.78, 5) is 14.8. The number of aromatic nitrogens is 1. The highest BCUT2D eigenvalue weighted by Gasteiger charge is 2.34. The second-order valence-electron chi connectivity index (χ2n) is 3.91. The lowest BCUT2D eigenvalue weighted by Gasteiger charge is -2.14. The molecule has 0 atom stereocenters. The maximum Gasteiger partial charge on any atom is 0.417 e. The molecule has 104 valence electrons. The number of hydrogen-bond donors (Lipinski definition) is 1. The lowest BCUT2D eigenvalue weighted by Crippen LogP contribution is -2.09. The van der Waals surface area contributed by atoms with Crippen molar-refractivity contribution in [2.75, 3.05) is 0 Å². The van der Waals surface area contributed by atoms with Gasteiger partial charge in [0.05, 0.1) is 11.1 Å². The molecule has 0 bridgehead atoms. The number of benzene rings is 1. The minimum absolute atomic E-state index is 0.0812. The van der Waals surface area contributed by atoms with Crippen LogP contribution in [0.2, 0.25) is 5.02 Å². The van der Waals surface area contributed by atoms with Crippen LogP contribution in [0.4, 0.5) is 13.2 Å². The molecule has 0 unspecified atom stereocenters. The number of alkyl halides is 3. The van der Waals surface area contributed by atoms with E-state index in [1.54, 1.807) is 0 Å². The minimum Gasteiger partial charge on any atom is -0.478 e. The molecule has 1 N–H and O–H groups in total. The molecule has 1 heterocycles. The van der Waals surface area contributed by atoms with Crippen LogP contribution in [0.5, 0.6) is 0 Å². The third kappa shape index (κ3) is 2.75. The van der Waals surface area contributed by atoms with Crippen LogP contribution < -0.4 is 0 Å². The topological polar surface area (TPSA) is 50.2 Å². The van der Waals surface area contributed by atoms with Crippen LogP contribution in [-0.2, 0) is 6.18 Å². The second-order valence-corrected chi connectivity index (χ2v) is 4.35. The average molecular weight is 302 g/mol. The van der Waals surface area contributed by atoms with E-state index in [2.05, 4.69) is 4.98 Å². The maximum absolute atomic E-state index is 12.9. The summed E-state index contributed by atoms with van der Waals surface area (Å²) in [6.07, 6.45) is -2.62. The Morgan fingerprint density at radius 1 is 1.20 bits per heavy atom. The van der Waals surface area contributed by atoms with E-state index < -0.39 is 17.7 Å². The molecule has 0 aliphatic heterocycles. The van der Waals surface area contributed by atoms with Crippen LogP contribution >= 0.6 is 11.6 Å². The fourth-order valence-electron chi connectivity index (χ4n) is 1.78. The van der Waals surface area contributed by atoms with E-state index in [-0.39, 0.29) is 21.7 Å². The average Bonchev–Trinajstić information content (AvgIpc) is 2.37. The van der Waals surface area contributed by atoms with E-state index in [1.807, 2.05) is 0 Å². The van der Waals surface area contributed by atoms with Gasteiger partial charge in [-0.2, -0.15) is 13.2 Å². The van der Waals surface area contributed by atoms with Gasteiger partial charge in [-0.3, -0.25) is 4.98 Å². The van der Waals surface area contributed by atoms with Crippen LogP contribution in [0.1, 0.15) is 15.9 Å². The molecule has 1 aromatic heterocycles. The van der Waals surface area contributed by atoms with Crippen LogP contribution in [-0.4, -0.2) is 16.1 Å². The Hall–Kier alpha value is -2.08. The lowest BCUT2D eigenvalue weighted by atomic mass is 9.97. The van der Waals surface area contributed by atoms with Gasteiger partial charge in [0.2, 0.25) is 0 Å². The Labute approximate surface area is 116 Å². The molecule has 1 aromatic carbocycles. The number of nitrogens with zero attached hydrogens (tertiary/aromatic N) is 1. The van der Waals surface area contributed by atoms with Gasteiger partial charge in [-0.1, -0.05) is 17.7 Å². The predicted octanol–water partition coefficient (Wildman–Crippen LogP) is 4.12. The van der Waals surface area contributed by atoms with E-state index in [9.17, 15) is 18.0 Å². The summed E-state index contributed by atoms with van der Waals surface area (Å²) < 4.78 is 38.8. The first-order chi connectivity index (χ1) is 9.30. The normalized spacial score (nSPS) is 11.4. The summed E-state index contributed by atoms with van der Waals surface area (Å²) in [5.74, 6) is -1.36. The van der Waals surface area contributed by atoms with Crippen molar-refractivity contribution in [3.05, 3.63) is 52.8 Å². The zero-order chi connectivity index (χ0) is 14.9.